The van der Waals surface area contributed by atoms with Crippen LogP contribution in [0.15, 0.2) is 5.16 Å². The highest BCUT2D eigenvalue weighted by molar-refractivity contribution is 6.66. The quantitative estimate of drug-likeness (QED) is 0.241. The Balaban J connectivity index is 4.42. The summed E-state index contributed by atoms with van der Waals surface area (Å²) in [5, 5.41) is 3.18. The Morgan fingerprint density at radius 2 is 2.00 bits per heavy atom. The van der Waals surface area contributed by atoms with Gasteiger partial charge in [0.15, 0.2) is 0 Å². The van der Waals surface area contributed by atoms with Crippen LogP contribution in [0.3, 0.4) is 0 Å². The SMILES string of the molecule is [CH2+]C(=O)C(=NOC)C(C)=O. The molecule has 0 aromatic rings. The Morgan fingerprint density at radius 3 is 2.10 bits per heavy atom. The molecule has 0 saturated heterocycles. The monoisotopic (exact) mass is 142 g/mol. The van der Waals surface area contributed by atoms with Crippen LogP contribution in [0.4, 0.5) is 0 Å². The summed E-state index contributed by atoms with van der Waals surface area (Å²) in [6.45, 7) is 4.23. The molecule has 0 amide bonds. The van der Waals surface area contributed by atoms with Gasteiger partial charge in [-0.3, -0.25) is 4.79 Å². The van der Waals surface area contributed by atoms with Gasteiger partial charge in [-0.05, 0) is 0 Å². The lowest BCUT2D eigenvalue weighted by Gasteiger charge is -1.83. The number of rotatable bonds is 3. The molecule has 10 heavy (non-hydrogen) atoms. The topological polar surface area (TPSA) is 55.7 Å². The van der Waals surface area contributed by atoms with Crippen LogP contribution in [0.25, 0.3) is 0 Å². The number of Topliss-reactive ketones (excluding diaryl/α,β-unsaturated/α-hetero) is 2. The first-order valence-corrected chi connectivity index (χ1v) is 2.58. The summed E-state index contributed by atoms with van der Waals surface area (Å²) in [6, 6.07) is 0. The fourth-order valence-corrected chi connectivity index (χ4v) is 0.403. The van der Waals surface area contributed by atoms with E-state index in [1.165, 1.54) is 14.0 Å². The largest absolute Gasteiger partial charge is 0.381 e. The van der Waals surface area contributed by atoms with Crippen molar-refractivity contribution in [2.75, 3.05) is 7.11 Å². The second-order valence-corrected chi connectivity index (χ2v) is 1.60. The predicted octanol–water partition coefficient (Wildman–Crippen LogP) is -0.0190. The zero-order valence-corrected chi connectivity index (χ0v) is 5.88. The molecule has 0 spiro atoms. The Morgan fingerprint density at radius 1 is 1.50 bits per heavy atom. The molecule has 0 atom stereocenters. The van der Waals surface area contributed by atoms with Gasteiger partial charge in [-0.1, -0.05) is 0 Å². The molecule has 4 heteroatoms. The molecular formula is C6H8NO3+. The fraction of sp³-hybridized carbons (Fsp3) is 0.333. The van der Waals surface area contributed by atoms with Crippen LogP contribution in [0.1, 0.15) is 6.92 Å². The van der Waals surface area contributed by atoms with E-state index in [0.29, 0.717) is 0 Å². The molecule has 0 heterocycles. The van der Waals surface area contributed by atoms with Gasteiger partial charge in [-0.2, -0.15) is 0 Å². The van der Waals surface area contributed by atoms with Gasteiger partial charge in [0.2, 0.25) is 0 Å². The summed E-state index contributed by atoms with van der Waals surface area (Å²) < 4.78 is 0. The van der Waals surface area contributed by atoms with Crippen molar-refractivity contribution in [3.63, 3.8) is 0 Å². The zero-order chi connectivity index (χ0) is 8.15. The normalized spacial score (nSPS) is 10.8. The van der Waals surface area contributed by atoms with E-state index in [-0.39, 0.29) is 5.71 Å². The summed E-state index contributed by atoms with van der Waals surface area (Å²) in [5.74, 6) is -1.07. The smallest absolute Gasteiger partial charge is 0.361 e. The van der Waals surface area contributed by atoms with Gasteiger partial charge < -0.3 is 4.84 Å². The molecule has 0 aromatic heterocycles. The molecule has 0 aliphatic heterocycles. The Labute approximate surface area is 58.8 Å². The molecule has 0 bridgehead atoms. The van der Waals surface area contributed by atoms with Crippen LogP contribution in [0.2, 0.25) is 0 Å². The van der Waals surface area contributed by atoms with Gasteiger partial charge in [0.25, 0.3) is 5.78 Å². The van der Waals surface area contributed by atoms with Gasteiger partial charge in [-0.25, -0.2) is 4.79 Å². The molecule has 54 valence electrons. The first-order valence-electron chi connectivity index (χ1n) is 2.58. The number of hydrogen-bond acceptors (Lipinski definition) is 4. The van der Waals surface area contributed by atoms with Crippen molar-refractivity contribution < 1.29 is 14.4 Å². The molecule has 0 aliphatic carbocycles. The minimum Gasteiger partial charge on any atom is -0.381 e. The zero-order valence-electron chi connectivity index (χ0n) is 5.88. The minimum absolute atomic E-state index is 0.262. The van der Waals surface area contributed by atoms with Crippen molar-refractivity contribution in [3.05, 3.63) is 6.92 Å². The lowest BCUT2D eigenvalue weighted by atomic mass is 10.2. The average molecular weight is 142 g/mol. The molecular weight excluding hydrogens is 134 g/mol. The standard InChI is InChI=1S/C6H8NO3/c1-4(8)6(5(2)9)7-10-3/h1H2,2-3H3/q+1. The van der Waals surface area contributed by atoms with Crippen LogP contribution in [-0.2, 0) is 14.4 Å². The summed E-state index contributed by atoms with van der Waals surface area (Å²) >= 11 is 0. The van der Waals surface area contributed by atoms with Gasteiger partial charge in [0, 0.05) is 12.1 Å². The molecule has 0 N–H and O–H groups in total. The second kappa shape index (κ2) is 3.66. The summed E-state index contributed by atoms with van der Waals surface area (Å²) in [6.07, 6.45) is 0. The number of ketones is 2. The lowest BCUT2D eigenvalue weighted by Crippen LogP contribution is -2.19. The highest BCUT2D eigenvalue weighted by Gasteiger charge is 2.23. The second-order valence-electron chi connectivity index (χ2n) is 1.60. The van der Waals surface area contributed by atoms with E-state index in [2.05, 4.69) is 16.9 Å². The highest BCUT2D eigenvalue weighted by Crippen LogP contribution is 1.83. The van der Waals surface area contributed by atoms with Gasteiger partial charge in [0.05, 0.1) is 6.92 Å². The van der Waals surface area contributed by atoms with Crippen molar-refractivity contribution in [3.8, 4) is 0 Å². The minimum atomic E-state index is -0.630. The van der Waals surface area contributed by atoms with Crippen LogP contribution < -0.4 is 0 Å². The maximum atomic E-state index is 10.5. The molecule has 0 fully saturated rings. The molecule has 4 nitrogen and oxygen atoms in total. The molecule has 0 unspecified atom stereocenters. The highest BCUT2D eigenvalue weighted by atomic mass is 16.6. The van der Waals surface area contributed by atoms with Crippen LogP contribution in [-0.4, -0.2) is 24.4 Å². The van der Waals surface area contributed by atoms with Crippen molar-refractivity contribution in [1.29, 1.82) is 0 Å². The maximum Gasteiger partial charge on any atom is 0.361 e. The number of carbonyl (C=O) groups excluding carboxylic acids is 2. The van der Waals surface area contributed by atoms with Crippen LogP contribution >= 0.6 is 0 Å². The third-order valence-corrected chi connectivity index (χ3v) is 0.780. The summed E-state index contributed by atoms with van der Waals surface area (Å²) in [7, 11) is 1.26. The molecule has 0 aliphatic rings. The average Bonchev–Trinajstić information content (AvgIpc) is 1.81. The lowest BCUT2D eigenvalue weighted by molar-refractivity contribution is -0.114. The summed E-state index contributed by atoms with van der Waals surface area (Å²) in [4.78, 5) is 25.2. The fourth-order valence-electron chi connectivity index (χ4n) is 0.403. The van der Waals surface area contributed by atoms with E-state index in [1.54, 1.807) is 0 Å². The molecule has 0 rings (SSSR count). The molecule has 0 radical (unpaired) electrons. The molecule has 0 saturated carbocycles. The van der Waals surface area contributed by atoms with E-state index < -0.39 is 11.6 Å². The van der Waals surface area contributed by atoms with Gasteiger partial charge >= 0.3 is 11.5 Å². The number of hydrogen-bond donors (Lipinski definition) is 0. The van der Waals surface area contributed by atoms with E-state index in [0.717, 1.165) is 0 Å². The van der Waals surface area contributed by atoms with E-state index >= 15 is 0 Å². The van der Waals surface area contributed by atoms with Gasteiger partial charge in [-0.15, -0.1) is 0 Å². The Kier molecular flexibility index (Phi) is 3.17. The van der Waals surface area contributed by atoms with Crippen LogP contribution in [0, 0.1) is 6.92 Å². The van der Waals surface area contributed by atoms with E-state index in [1.807, 2.05) is 0 Å². The number of oxime groups is 1. The van der Waals surface area contributed by atoms with Gasteiger partial charge in [0.1, 0.15) is 7.11 Å². The van der Waals surface area contributed by atoms with Crippen molar-refractivity contribution in [2.45, 2.75) is 6.92 Å². The Hall–Kier alpha value is -1.32. The third kappa shape index (κ3) is 2.30. The number of carbonyl (C=O) groups is 2. The molecule has 0 aromatic carbocycles. The van der Waals surface area contributed by atoms with Crippen molar-refractivity contribution >= 4 is 17.3 Å². The van der Waals surface area contributed by atoms with Crippen LogP contribution in [0.5, 0.6) is 0 Å². The maximum absolute atomic E-state index is 10.5. The predicted molar refractivity (Wildman–Crippen MR) is 35.5 cm³/mol. The summed E-state index contributed by atoms with van der Waals surface area (Å²) in [5.41, 5.74) is -0.262. The van der Waals surface area contributed by atoms with E-state index in [9.17, 15) is 9.59 Å². The van der Waals surface area contributed by atoms with E-state index in [4.69, 9.17) is 0 Å². The van der Waals surface area contributed by atoms with Crippen molar-refractivity contribution in [1.82, 2.24) is 0 Å². The first kappa shape index (κ1) is 8.68. The third-order valence-electron chi connectivity index (χ3n) is 0.780. The van der Waals surface area contributed by atoms with Crippen molar-refractivity contribution in [2.24, 2.45) is 5.16 Å². The first-order chi connectivity index (χ1) is 4.59. The number of nitrogens with zero attached hydrogens (tertiary/aromatic N) is 1. The Bertz CT molecular complexity index is 167.